The average molecular weight is 308 g/mol. The van der Waals surface area contributed by atoms with E-state index in [9.17, 15) is 0 Å². The number of benzene rings is 2. The van der Waals surface area contributed by atoms with E-state index >= 15 is 0 Å². The van der Waals surface area contributed by atoms with Crippen LogP contribution in [-0.2, 0) is 0 Å². The van der Waals surface area contributed by atoms with Gasteiger partial charge in [-0.05, 0) is 31.2 Å². The van der Waals surface area contributed by atoms with Crippen molar-refractivity contribution in [1.82, 2.24) is 9.97 Å². The van der Waals surface area contributed by atoms with E-state index in [0.29, 0.717) is 5.82 Å². The molecule has 0 spiro atoms. The fraction of sp³-hybridized carbons (Fsp3) is 0.0588. The Morgan fingerprint density at radius 3 is 2.45 bits per heavy atom. The van der Waals surface area contributed by atoms with E-state index in [1.54, 1.807) is 11.8 Å². The molecule has 0 amide bonds. The van der Waals surface area contributed by atoms with E-state index in [1.165, 1.54) is 4.90 Å². The van der Waals surface area contributed by atoms with Crippen LogP contribution in [0.4, 0.5) is 17.5 Å². The third-order valence-corrected chi connectivity index (χ3v) is 4.08. The van der Waals surface area contributed by atoms with Gasteiger partial charge in [0.1, 0.15) is 5.82 Å². The molecular weight excluding hydrogens is 292 g/mol. The average Bonchev–Trinajstić information content (AvgIpc) is 2.49. The zero-order chi connectivity index (χ0) is 15.4. The number of nitrogens with zero attached hydrogens (tertiary/aromatic N) is 2. The monoisotopic (exact) mass is 308 g/mol. The number of nitrogens with two attached hydrogens (primary N) is 1. The number of anilines is 3. The minimum absolute atomic E-state index is 0.274. The van der Waals surface area contributed by atoms with E-state index in [2.05, 4.69) is 33.5 Å². The first kappa shape index (κ1) is 14.4. The van der Waals surface area contributed by atoms with Gasteiger partial charge in [-0.25, -0.2) is 4.98 Å². The van der Waals surface area contributed by atoms with Crippen molar-refractivity contribution in [2.45, 2.75) is 16.7 Å². The van der Waals surface area contributed by atoms with Crippen LogP contribution < -0.4 is 11.1 Å². The summed E-state index contributed by atoms with van der Waals surface area (Å²) in [7, 11) is 0. The van der Waals surface area contributed by atoms with E-state index in [0.717, 1.165) is 16.3 Å². The zero-order valence-electron chi connectivity index (χ0n) is 12.2. The SMILES string of the molecule is Cc1cc(Nc2ccccc2Sc2ccccc2)nc(N)n1. The Kier molecular flexibility index (Phi) is 4.25. The lowest BCUT2D eigenvalue weighted by Gasteiger charge is -2.11. The van der Waals surface area contributed by atoms with Crippen LogP contribution in [0.1, 0.15) is 5.69 Å². The molecule has 0 saturated carbocycles. The number of para-hydroxylation sites is 1. The van der Waals surface area contributed by atoms with Crippen molar-refractivity contribution < 1.29 is 0 Å². The predicted molar refractivity (Wildman–Crippen MR) is 91.5 cm³/mol. The van der Waals surface area contributed by atoms with Crippen molar-refractivity contribution in [2.75, 3.05) is 11.1 Å². The number of hydrogen-bond acceptors (Lipinski definition) is 5. The Hall–Kier alpha value is -2.53. The molecule has 0 aliphatic carbocycles. The smallest absolute Gasteiger partial charge is 0.222 e. The Balaban J connectivity index is 1.88. The quantitative estimate of drug-likeness (QED) is 0.754. The fourth-order valence-electron chi connectivity index (χ4n) is 2.07. The molecule has 4 nitrogen and oxygen atoms in total. The third kappa shape index (κ3) is 3.56. The molecule has 1 aromatic heterocycles. The molecule has 0 aliphatic heterocycles. The molecule has 2 aromatic carbocycles. The molecule has 5 heteroatoms. The van der Waals surface area contributed by atoms with Crippen molar-refractivity contribution in [1.29, 1.82) is 0 Å². The molecular formula is C17H16N4S. The number of nitrogen functional groups attached to an aromatic ring is 1. The highest BCUT2D eigenvalue weighted by atomic mass is 32.2. The van der Waals surface area contributed by atoms with Gasteiger partial charge in [-0.3, -0.25) is 0 Å². The number of hydrogen-bond donors (Lipinski definition) is 2. The van der Waals surface area contributed by atoms with Crippen LogP contribution in [0.5, 0.6) is 0 Å². The Morgan fingerprint density at radius 1 is 0.955 bits per heavy atom. The number of aromatic nitrogens is 2. The molecule has 0 atom stereocenters. The molecule has 1 heterocycles. The molecule has 3 rings (SSSR count). The predicted octanol–water partition coefficient (Wildman–Crippen LogP) is 4.26. The number of nitrogens with one attached hydrogen (secondary N) is 1. The second-order valence-electron chi connectivity index (χ2n) is 4.79. The molecule has 22 heavy (non-hydrogen) atoms. The fourth-order valence-corrected chi connectivity index (χ4v) is 2.99. The van der Waals surface area contributed by atoms with E-state index in [4.69, 9.17) is 5.73 Å². The van der Waals surface area contributed by atoms with Crippen molar-refractivity contribution in [2.24, 2.45) is 0 Å². The molecule has 0 saturated heterocycles. The molecule has 0 fully saturated rings. The molecule has 0 unspecified atom stereocenters. The first-order valence-electron chi connectivity index (χ1n) is 6.91. The first-order chi connectivity index (χ1) is 10.7. The first-order valence-corrected chi connectivity index (χ1v) is 7.72. The van der Waals surface area contributed by atoms with Crippen LogP contribution in [0.25, 0.3) is 0 Å². The summed E-state index contributed by atoms with van der Waals surface area (Å²) in [5.41, 5.74) is 7.54. The lowest BCUT2D eigenvalue weighted by Crippen LogP contribution is -2.01. The van der Waals surface area contributed by atoms with Gasteiger partial charge in [-0.1, -0.05) is 42.1 Å². The van der Waals surface area contributed by atoms with Crippen molar-refractivity contribution >= 4 is 29.2 Å². The highest BCUT2D eigenvalue weighted by molar-refractivity contribution is 7.99. The molecule has 3 aromatic rings. The van der Waals surface area contributed by atoms with Gasteiger partial charge in [0.15, 0.2) is 0 Å². The van der Waals surface area contributed by atoms with Crippen molar-refractivity contribution in [3.63, 3.8) is 0 Å². The maximum Gasteiger partial charge on any atom is 0.222 e. The maximum absolute atomic E-state index is 5.71. The summed E-state index contributed by atoms with van der Waals surface area (Å²) < 4.78 is 0. The highest BCUT2D eigenvalue weighted by Gasteiger charge is 2.06. The van der Waals surface area contributed by atoms with Gasteiger partial charge in [0, 0.05) is 21.6 Å². The Labute approximate surface area is 133 Å². The molecule has 3 N–H and O–H groups in total. The second-order valence-corrected chi connectivity index (χ2v) is 5.90. The Bertz CT molecular complexity index is 754. The van der Waals surface area contributed by atoms with Gasteiger partial charge in [0.25, 0.3) is 0 Å². The lowest BCUT2D eigenvalue weighted by atomic mass is 10.3. The third-order valence-electron chi connectivity index (χ3n) is 2.99. The topological polar surface area (TPSA) is 63.8 Å². The lowest BCUT2D eigenvalue weighted by molar-refractivity contribution is 1.12. The maximum atomic E-state index is 5.71. The number of rotatable bonds is 4. The number of aryl methyl sites for hydroxylation is 1. The summed E-state index contributed by atoms with van der Waals surface area (Å²) in [6.45, 7) is 1.90. The van der Waals surface area contributed by atoms with Crippen LogP contribution in [0.2, 0.25) is 0 Å². The zero-order valence-corrected chi connectivity index (χ0v) is 13.0. The van der Waals surface area contributed by atoms with Crippen LogP contribution in [0.3, 0.4) is 0 Å². The van der Waals surface area contributed by atoms with E-state index < -0.39 is 0 Å². The molecule has 0 aliphatic rings. The summed E-state index contributed by atoms with van der Waals surface area (Å²) in [6, 6.07) is 20.3. The minimum atomic E-state index is 0.274. The standard InChI is InChI=1S/C17H16N4S/c1-12-11-16(21-17(18)19-12)20-14-9-5-6-10-15(14)22-13-7-3-2-4-8-13/h2-11H,1H3,(H3,18,19,20,21). The molecule has 0 bridgehead atoms. The summed E-state index contributed by atoms with van der Waals surface area (Å²) in [6.07, 6.45) is 0. The van der Waals surface area contributed by atoms with Gasteiger partial charge in [-0.2, -0.15) is 4.98 Å². The van der Waals surface area contributed by atoms with Crippen molar-refractivity contribution in [3.8, 4) is 0 Å². The summed E-state index contributed by atoms with van der Waals surface area (Å²) in [5, 5.41) is 3.32. The minimum Gasteiger partial charge on any atom is -0.368 e. The molecule has 0 radical (unpaired) electrons. The van der Waals surface area contributed by atoms with Crippen LogP contribution in [-0.4, -0.2) is 9.97 Å². The van der Waals surface area contributed by atoms with Gasteiger partial charge in [0.2, 0.25) is 5.95 Å². The summed E-state index contributed by atoms with van der Waals surface area (Å²) in [4.78, 5) is 10.6. The van der Waals surface area contributed by atoms with E-state index in [-0.39, 0.29) is 5.95 Å². The van der Waals surface area contributed by atoms with Crippen LogP contribution >= 0.6 is 11.8 Å². The van der Waals surface area contributed by atoms with Gasteiger partial charge in [-0.15, -0.1) is 0 Å². The van der Waals surface area contributed by atoms with E-state index in [1.807, 2.05) is 49.4 Å². The normalized spacial score (nSPS) is 10.4. The molecule has 110 valence electrons. The van der Waals surface area contributed by atoms with Crippen LogP contribution in [0.15, 0.2) is 70.5 Å². The summed E-state index contributed by atoms with van der Waals surface area (Å²) in [5.74, 6) is 0.974. The highest BCUT2D eigenvalue weighted by Crippen LogP contribution is 2.34. The largest absolute Gasteiger partial charge is 0.368 e. The Morgan fingerprint density at radius 2 is 1.68 bits per heavy atom. The van der Waals surface area contributed by atoms with Gasteiger partial charge in [0.05, 0.1) is 5.69 Å². The second kappa shape index (κ2) is 6.49. The van der Waals surface area contributed by atoms with Gasteiger partial charge < -0.3 is 11.1 Å². The van der Waals surface area contributed by atoms with Crippen LogP contribution in [0, 0.1) is 6.92 Å². The van der Waals surface area contributed by atoms with Gasteiger partial charge >= 0.3 is 0 Å². The summed E-state index contributed by atoms with van der Waals surface area (Å²) >= 11 is 1.70. The van der Waals surface area contributed by atoms with Crippen molar-refractivity contribution in [3.05, 3.63) is 66.4 Å².